The number of benzene rings is 4. The van der Waals surface area contributed by atoms with Gasteiger partial charge in [-0.25, -0.2) is 8.42 Å². The first-order valence-electron chi connectivity index (χ1n) is 16.3. The van der Waals surface area contributed by atoms with Crippen molar-refractivity contribution in [3.8, 4) is 0 Å². The van der Waals surface area contributed by atoms with E-state index in [1.165, 1.54) is 12.1 Å². The number of aromatic nitrogens is 1. The molecule has 5 aromatic rings. The Bertz CT molecular complexity index is 1940. The standard InChI is InChI=1S/C38H43NO7SSi/c1-5-38(42)37(41,34-30-23-15-16-24-31(30)39-35(34)47(43,44)27-17-9-6-10-18-27)25-32(40)33(46-38)26-45-48(36(2,3)4,28-19-11-7-12-20-28)29-21-13-8-14-22-29/h6-24,32-33,39-42H,5,25-26H2,1-4H3/t32-,33+,37-,38+/m0/s1. The van der Waals surface area contributed by atoms with Gasteiger partial charge in [-0.05, 0) is 33.6 Å². The average Bonchev–Trinajstić information content (AvgIpc) is 3.49. The number of aliphatic hydroxyl groups excluding tert-OH is 1. The summed E-state index contributed by atoms with van der Waals surface area (Å²) in [6.45, 7) is 8.01. The van der Waals surface area contributed by atoms with Crippen molar-refractivity contribution in [3.63, 3.8) is 0 Å². The number of para-hydroxylation sites is 1. The van der Waals surface area contributed by atoms with E-state index in [1.807, 2.05) is 36.4 Å². The van der Waals surface area contributed by atoms with E-state index >= 15 is 0 Å². The van der Waals surface area contributed by atoms with Gasteiger partial charge in [-0.15, -0.1) is 0 Å². The van der Waals surface area contributed by atoms with Crippen LogP contribution in [0.2, 0.25) is 5.04 Å². The van der Waals surface area contributed by atoms with Crippen molar-refractivity contribution in [1.29, 1.82) is 0 Å². The zero-order valence-electron chi connectivity index (χ0n) is 27.6. The van der Waals surface area contributed by atoms with Gasteiger partial charge >= 0.3 is 0 Å². The van der Waals surface area contributed by atoms with E-state index in [2.05, 4.69) is 50.0 Å². The molecule has 1 aromatic heterocycles. The summed E-state index contributed by atoms with van der Waals surface area (Å²) in [5.74, 6) is -2.28. The van der Waals surface area contributed by atoms with Crippen LogP contribution in [0.25, 0.3) is 10.9 Å². The number of hydrogen-bond acceptors (Lipinski definition) is 7. The number of rotatable bonds is 9. The number of sulfone groups is 1. The highest BCUT2D eigenvalue weighted by Gasteiger charge is 2.61. The minimum atomic E-state index is -4.20. The summed E-state index contributed by atoms with van der Waals surface area (Å²) in [5, 5.41) is 38.5. The summed E-state index contributed by atoms with van der Waals surface area (Å²) in [4.78, 5) is 3.02. The van der Waals surface area contributed by atoms with Crippen LogP contribution in [0.3, 0.4) is 0 Å². The first kappa shape index (κ1) is 34.3. The molecule has 252 valence electrons. The van der Waals surface area contributed by atoms with Crippen molar-refractivity contribution in [2.45, 2.75) is 79.1 Å². The molecule has 0 spiro atoms. The molecule has 2 heterocycles. The topological polar surface area (TPSA) is 129 Å². The second-order valence-corrected chi connectivity index (χ2v) is 19.8. The summed E-state index contributed by atoms with van der Waals surface area (Å²) >= 11 is 0. The monoisotopic (exact) mass is 685 g/mol. The fourth-order valence-corrected chi connectivity index (χ4v) is 13.4. The quantitative estimate of drug-likeness (QED) is 0.161. The number of aliphatic hydroxyl groups is 3. The number of ether oxygens (including phenoxy) is 1. The van der Waals surface area contributed by atoms with Gasteiger partial charge in [-0.3, -0.25) is 0 Å². The summed E-state index contributed by atoms with van der Waals surface area (Å²) in [6.07, 6.45) is -2.85. The lowest BCUT2D eigenvalue weighted by atomic mass is 9.76. The minimum Gasteiger partial charge on any atom is -0.405 e. The van der Waals surface area contributed by atoms with Gasteiger partial charge in [0.1, 0.15) is 16.7 Å². The van der Waals surface area contributed by atoms with Crippen LogP contribution in [0.15, 0.2) is 125 Å². The van der Waals surface area contributed by atoms with Crippen LogP contribution in [0, 0.1) is 0 Å². The zero-order chi connectivity index (χ0) is 34.4. The predicted octanol–water partition coefficient (Wildman–Crippen LogP) is 5.01. The molecule has 4 aromatic carbocycles. The average molecular weight is 686 g/mol. The predicted molar refractivity (Wildman–Crippen MR) is 188 cm³/mol. The van der Waals surface area contributed by atoms with Gasteiger partial charge < -0.3 is 29.5 Å². The molecule has 10 heteroatoms. The van der Waals surface area contributed by atoms with E-state index in [-0.39, 0.29) is 33.6 Å². The van der Waals surface area contributed by atoms with Crippen molar-refractivity contribution in [3.05, 3.63) is 121 Å². The largest absolute Gasteiger partial charge is 0.405 e. The number of nitrogens with one attached hydrogen (secondary N) is 1. The molecule has 48 heavy (non-hydrogen) atoms. The Kier molecular flexibility index (Phi) is 9.05. The lowest BCUT2D eigenvalue weighted by Gasteiger charge is -2.51. The third kappa shape index (κ3) is 5.55. The normalized spacial score (nSPS) is 23.7. The summed E-state index contributed by atoms with van der Waals surface area (Å²) in [7, 11) is -7.23. The van der Waals surface area contributed by atoms with Gasteiger partial charge in [-0.2, -0.15) is 0 Å². The molecule has 0 amide bonds. The molecule has 0 unspecified atom stereocenters. The van der Waals surface area contributed by atoms with Crippen molar-refractivity contribution < 1.29 is 32.9 Å². The van der Waals surface area contributed by atoms with Gasteiger partial charge in [-0.1, -0.05) is 125 Å². The third-order valence-electron chi connectivity index (χ3n) is 9.69. The molecule has 0 radical (unpaired) electrons. The lowest BCUT2D eigenvalue weighted by Crippen LogP contribution is -2.68. The maximum Gasteiger partial charge on any atom is 0.261 e. The van der Waals surface area contributed by atoms with Crippen molar-refractivity contribution in [2.75, 3.05) is 6.61 Å². The lowest BCUT2D eigenvalue weighted by molar-refractivity contribution is -0.367. The van der Waals surface area contributed by atoms with E-state index in [4.69, 9.17) is 9.16 Å². The fourth-order valence-electron chi connectivity index (χ4n) is 7.25. The maximum atomic E-state index is 14.1. The number of fused-ring (bicyclic) bond motifs is 1. The molecular formula is C38H43NO7SSi. The molecular weight excluding hydrogens is 643 g/mol. The smallest absolute Gasteiger partial charge is 0.261 e. The fraction of sp³-hybridized carbons (Fsp3) is 0.316. The van der Waals surface area contributed by atoms with Crippen LogP contribution in [-0.4, -0.2) is 61.6 Å². The van der Waals surface area contributed by atoms with Crippen LogP contribution >= 0.6 is 0 Å². The molecule has 4 N–H and O–H groups in total. The van der Waals surface area contributed by atoms with E-state index in [0.29, 0.717) is 10.9 Å². The molecule has 1 fully saturated rings. The molecule has 1 saturated heterocycles. The van der Waals surface area contributed by atoms with Crippen molar-refractivity contribution >= 4 is 39.4 Å². The zero-order valence-corrected chi connectivity index (χ0v) is 29.4. The van der Waals surface area contributed by atoms with Crippen LogP contribution in [0.4, 0.5) is 0 Å². The number of hydrogen-bond donors (Lipinski definition) is 4. The van der Waals surface area contributed by atoms with Crippen molar-refractivity contribution in [1.82, 2.24) is 4.98 Å². The second-order valence-electron chi connectivity index (χ2n) is 13.6. The first-order valence-corrected chi connectivity index (χ1v) is 19.6. The van der Waals surface area contributed by atoms with Gasteiger partial charge in [0.25, 0.3) is 8.32 Å². The molecule has 8 nitrogen and oxygen atoms in total. The van der Waals surface area contributed by atoms with Crippen LogP contribution in [-0.2, 0) is 24.6 Å². The molecule has 4 atom stereocenters. The summed E-state index contributed by atoms with van der Waals surface area (Å²) in [6, 6.07) is 34.9. The van der Waals surface area contributed by atoms with Gasteiger partial charge in [0, 0.05) is 29.3 Å². The molecule has 1 aliphatic heterocycles. The Balaban J connectivity index is 1.42. The Morgan fingerprint density at radius 3 is 1.92 bits per heavy atom. The summed E-state index contributed by atoms with van der Waals surface area (Å²) < 4.78 is 41.5. The minimum absolute atomic E-state index is 0.0234. The highest BCUT2D eigenvalue weighted by atomic mass is 32.2. The molecule has 0 saturated carbocycles. The van der Waals surface area contributed by atoms with E-state index in [0.717, 1.165) is 10.4 Å². The van der Waals surface area contributed by atoms with Gasteiger partial charge in [0.15, 0.2) is 5.79 Å². The Hall–Kier alpha value is -3.61. The molecule has 0 bridgehead atoms. The molecule has 0 aliphatic carbocycles. The van der Waals surface area contributed by atoms with E-state index < -0.39 is 48.2 Å². The van der Waals surface area contributed by atoms with E-state index in [1.54, 1.807) is 49.4 Å². The van der Waals surface area contributed by atoms with Crippen molar-refractivity contribution in [2.24, 2.45) is 0 Å². The Morgan fingerprint density at radius 2 is 1.38 bits per heavy atom. The highest BCUT2D eigenvalue weighted by molar-refractivity contribution is 7.91. The second kappa shape index (κ2) is 12.7. The number of aromatic amines is 1. The maximum absolute atomic E-state index is 14.1. The SMILES string of the molecule is CC[C@@]1(O)O[C@H](CO[Si](c2ccccc2)(c2ccccc2)C(C)(C)C)[C@@H](O)C[C@]1(O)c1c(S(=O)(=O)c2ccccc2)[nH]c2ccccc12. The molecule has 6 rings (SSSR count). The van der Waals surface area contributed by atoms with Crippen LogP contribution in [0.5, 0.6) is 0 Å². The summed E-state index contributed by atoms with van der Waals surface area (Å²) in [5.41, 5.74) is -1.90. The Morgan fingerprint density at radius 1 is 0.854 bits per heavy atom. The van der Waals surface area contributed by atoms with Gasteiger partial charge in [0.05, 0.1) is 17.6 Å². The van der Waals surface area contributed by atoms with E-state index in [9.17, 15) is 23.7 Å². The number of H-pyrrole nitrogens is 1. The highest BCUT2D eigenvalue weighted by Crippen LogP contribution is 2.50. The first-order chi connectivity index (χ1) is 22.8. The van der Waals surface area contributed by atoms with Gasteiger partial charge in [0.2, 0.25) is 9.84 Å². The Labute approximate surface area is 283 Å². The third-order valence-corrected chi connectivity index (χ3v) is 16.4. The molecule has 1 aliphatic rings. The van der Waals surface area contributed by atoms with Crippen LogP contribution < -0.4 is 10.4 Å². The van der Waals surface area contributed by atoms with Crippen LogP contribution in [0.1, 0.15) is 46.1 Å².